The van der Waals surface area contributed by atoms with Crippen molar-refractivity contribution in [2.45, 2.75) is 47.0 Å². The van der Waals surface area contributed by atoms with E-state index in [1.165, 1.54) is 65.3 Å². The van der Waals surface area contributed by atoms with Crippen molar-refractivity contribution in [3.63, 3.8) is 0 Å². The summed E-state index contributed by atoms with van der Waals surface area (Å²) in [5, 5.41) is 10.6. The summed E-state index contributed by atoms with van der Waals surface area (Å²) in [5.41, 5.74) is 5.67. The van der Waals surface area contributed by atoms with Gasteiger partial charge in [0.05, 0.1) is 0 Å². The van der Waals surface area contributed by atoms with Gasteiger partial charge in [0, 0.05) is 5.41 Å². The van der Waals surface area contributed by atoms with Gasteiger partial charge in [-0.25, -0.2) is 0 Å². The van der Waals surface area contributed by atoms with E-state index >= 15 is 0 Å². The molecule has 0 nitrogen and oxygen atoms in total. The highest BCUT2D eigenvalue weighted by Gasteiger charge is 2.36. The van der Waals surface area contributed by atoms with Gasteiger partial charge >= 0.3 is 0 Å². The summed E-state index contributed by atoms with van der Waals surface area (Å²) in [7, 11) is 0. The van der Waals surface area contributed by atoms with E-state index in [0.717, 1.165) is 0 Å². The van der Waals surface area contributed by atoms with Gasteiger partial charge < -0.3 is 0 Å². The largest absolute Gasteiger partial charge is 0.0683 e. The average Bonchev–Trinajstić information content (AvgIpc) is 3.14. The molecule has 35 heavy (non-hydrogen) atoms. The van der Waals surface area contributed by atoms with E-state index < -0.39 is 0 Å². The molecule has 0 saturated carbocycles. The van der Waals surface area contributed by atoms with Gasteiger partial charge in [-0.05, 0) is 89.6 Å². The molecule has 0 fully saturated rings. The molecule has 0 bridgehead atoms. The third kappa shape index (κ3) is 3.43. The lowest BCUT2D eigenvalue weighted by Gasteiger charge is -2.22. The number of hydrogen-bond donors (Lipinski definition) is 0. The quantitative estimate of drug-likeness (QED) is 0.158. The van der Waals surface area contributed by atoms with Crippen LogP contribution >= 0.6 is 0 Å². The topological polar surface area (TPSA) is 0 Å². The third-order valence-corrected chi connectivity index (χ3v) is 7.39. The maximum absolute atomic E-state index is 2.45. The van der Waals surface area contributed by atoms with Crippen LogP contribution in [0.15, 0.2) is 97.1 Å². The van der Waals surface area contributed by atoms with Gasteiger partial charge in [0.15, 0.2) is 0 Å². The van der Waals surface area contributed by atoms with Crippen molar-refractivity contribution in [2.24, 2.45) is 0 Å². The normalized spacial score (nSPS) is 13.1. The molecule has 7 rings (SSSR count). The van der Waals surface area contributed by atoms with Crippen LogP contribution in [0.1, 0.15) is 52.7 Å². The molecule has 0 amide bonds. The molecule has 0 unspecified atom stereocenters. The molecule has 0 aromatic heterocycles. The van der Waals surface area contributed by atoms with Gasteiger partial charge in [0.1, 0.15) is 0 Å². The van der Waals surface area contributed by atoms with Gasteiger partial charge in [0.25, 0.3) is 0 Å². The zero-order chi connectivity index (χ0) is 24.7. The Morgan fingerprint density at radius 3 is 1.74 bits per heavy atom. The first-order valence-electron chi connectivity index (χ1n) is 13.0. The van der Waals surface area contributed by atoms with Crippen LogP contribution in [0, 0.1) is 0 Å². The van der Waals surface area contributed by atoms with Crippen molar-refractivity contribution in [1.29, 1.82) is 0 Å². The van der Waals surface area contributed by atoms with Crippen molar-refractivity contribution < 1.29 is 0 Å². The Morgan fingerprint density at radius 1 is 0.429 bits per heavy atom. The molecule has 0 spiro atoms. The van der Waals surface area contributed by atoms with Crippen molar-refractivity contribution in [3.8, 4) is 11.1 Å². The maximum atomic E-state index is 2.45. The highest BCUT2D eigenvalue weighted by molar-refractivity contribution is 6.13. The Labute approximate surface area is 209 Å². The molecule has 0 saturated heterocycles. The minimum Gasteiger partial charge on any atom is -0.0683 e. The molecule has 0 N–H and O–H groups in total. The summed E-state index contributed by atoms with van der Waals surface area (Å²) in [6.07, 6.45) is 0. The number of benzene rings is 6. The molecule has 6 aromatic carbocycles. The predicted octanol–water partition coefficient (Wildman–Crippen LogP) is 10.7. The number of hydrogen-bond acceptors (Lipinski definition) is 0. The average molecular weight is 455 g/mol. The van der Waals surface area contributed by atoms with E-state index in [4.69, 9.17) is 0 Å². The maximum Gasteiger partial charge on any atom is 0.0159 e. The van der Waals surface area contributed by atoms with Crippen LogP contribution in [0.5, 0.6) is 0 Å². The fourth-order valence-corrected chi connectivity index (χ4v) is 5.75. The molecule has 174 valence electrons. The molecular weight excluding hydrogens is 420 g/mol. The molecule has 0 heteroatoms. The van der Waals surface area contributed by atoms with Crippen molar-refractivity contribution in [1.82, 2.24) is 0 Å². The van der Waals surface area contributed by atoms with E-state index in [-0.39, 0.29) is 5.41 Å². The summed E-state index contributed by atoms with van der Waals surface area (Å²) in [6, 6.07) is 36.2. The fraction of sp³-hybridized carbons (Fsp3) is 0.200. The Balaban J connectivity index is 0.000000605. The van der Waals surface area contributed by atoms with Crippen LogP contribution in [0.4, 0.5) is 0 Å². The first-order chi connectivity index (χ1) is 17.1. The fourth-order valence-electron chi connectivity index (χ4n) is 5.75. The zero-order valence-electron chi connectivity index (χ0n) is 21.7. The van der Waals surface area contributed by atoms with Gasteiger partial charge in [-0.3, -0.25) is 0 Å². The minimum atomic E-state index is -0.00959. The lowest BCUT2D eigenvalue weighted by molar-refractivity contribution is 0.661. The lowest BCUT2D eigenvalue weighted by atomic mass is 9.81. The second-order valence-electron chi connectivity index (χ2n) is 9.44. The zero-order valence-corrected chi connectivity index (χ0v) is 21.7. The Bertz CT molecular complexity index is 1700. The van der Waals surface area contributed by atoms with E-state index in [1.54, 1.807) is 0 Å². The summed E-state index contributed by atoms with van der Waals surface area (Å²) >= 11 is 0. The Hall–Kier alpha value is -3.64. The van der Waals surface area contributed by atoms with E-state index in [0.29, 0.717) is 0 Å². The molecule has 0 heterocycles. The SMILES string of the molecule is CC.CC.CC1(C)c2cc3ccc4ccccc4c3cc2-c2c1ccc1cc3ccccc3cc21. The molecular formula is C35H34. The van der Waals surface area contributed by atoms with Crippen molar-refractivity contribution in [3.05, 3.63) is 108 Å². The van der Waals surface area contributed by atoms with Crippen LogP contribution in [0.2, 0.25) is 0 Å². The van der Waals surface area contributed by atoms with Crippen LogP contribution in [-0.4, -0.2) is 0 Å². The first-order valence-corrected chi connectivity index (χ1v) is 13.0. The van der Waals surface area contributed by atoms with Crippen molar-refractivity contribution in [2.75, 3.05) is 0 Å². The molecule has 1 aliphatic carbocycles. The smallest absolute Gasteiger partial charge is 0.0159 e. The van der Waals surface area contributed by atoms with Crippen LogP contribution in [0.25, 0.3) is 54.2 Å². The summed E-state index contributed by atoms with van der Waals surface area (Å²) in [5.74, 6) is 0. The third-order valence-electron chi connectivity index (χ3n) is 7.39. The monoisotopic (exact) mass is 454 g/mol. The van der Waals surface area contributed by atoms with E-state index in [2.05, 4.69) is 111 Å². The van der Waals surface area contributed by atoms with E-state index in [1.807, 2.05) is 27.7 Å². The van der Waals surface area contributed by atoms with Gasteiger partial charge in [-0.2, -0.15) is 0 Å². The molecule has 6 aromatic rings. The highest BCUT2D eigenvalue weighted by Crippen LogP contribution is 2.53. The number of rotatable bonds is 0. The van der Waals surface area contributed by atoms with Crippen LogP contribution in [0.3, 0.4) is 0 Å². The van der Waals surface area contributed by atoms with E-state index in [9.17, 15) is 0 Å². The first kappa shape index (κ1) is 23.1. The number of fused-ring (bicyclic) bond motifs is 9. The van der Waals surface area contributed by atoms with Crippen LogP contribution < -0.4 is 0 Å². The Morgan fingerprint density at radius 2 is 1.00 bits per heavy atom. The highest BCUT2D eigenvalue weighted by atomic mass is 14.4. The summed E-state index contributed by atoms with van der Waals surface area (Å²) in [4.78, 5) is 0. The standard InChI is InChI=1S/C31H22.2C2H6/c1-31(2)28-14-13-22-15-20-8-3-4-9-21(20)16-26(22)30(28)27-18-25-23(17-29(27)31)12-11-19-7-5-6-10-24(19)25;2*1-2/h3-18H,1-2H3;2*1-2H3. The molecule has 1 aliphatic rings. The van der Waals surface area contributed by atoms with Gasteiger partial charge in [-0.15, -0.1) is 0 Å². The molecule has 0 aliphatic heterocycles. The Kier molecular flexibility index (Phi) is 5.85. The van der Waals surface area contributed by atoms with Crippen molar-refractivity contribution >= 4 is 43.1 Å². The van der Waals surface area contributed by atoms with Gasteiger partial charge in [0.2, 0.25) is 0 Å². The van der Waals surface area contributed by atoms with Crippen LogP contribution in [-0.2, 0) is 5.41 Å². The summed E-state index contributed by atoms with van der Waals surface area (Å²) < 4.78 is 0. The minimum absolute atomic E-state index is 0.00959. The second-order valence-corrected chi connectivity index (χ2v) is 9.44. The second kappa shape index (κ2) is 8.86. The van der Waals surface area contributed by atoms with Gasteiger partial charge in [-0.1, -0.05) is 114 Å². The molecule has 0 radical (unpaired) electrons. The molecule has 0 atom stereocenters. The predicted molar refractivity (Wildman–Crippen MR) is 157 cm³/mol. The lowest BCUT2D eigenvalue weighted by Crippen LogP contribution is -2.14. The summed E-state index contributed by atoms with van der Waals surface area (Å²) in [6.45, 7) is 12.7.